The van der Waals surface area contributed by atoms with Gasteiger partial charge < -0.3 is 9.47 Å². The highest BCUT2D eigenvalue weighted by atomic mass is 79.9. The Morgan fingerprint density at radius 2 is 1.86 bits per heavy atom. The largest absolute Gasteiger partial charge is 0.344 e. The van der Waals surface area contributed by atoms with Gasteiger partial charge in [-0.3, -0.25) is 0 Å². The van der Waals surface area contributed by atoms with Gasteiger partial charge in [0, 0.05) is 11.8 Å². The Morgan fingerprint density at radius 1 is 1.14 bits per heavy atom. The normalized spacial score (nSPS) is 51.1. The SMILES string of the molecule is CC1(C)O[C@H]2[C@H]3[C@@H](C=C[C@H]2O1)C3(Br)Br. The third-order valence-electron chi connectivity index (χ3n) is 3.19. The fourth-order valence-electron chi connectivity index (χ4n) is 2.52. The summed E-state index contributed by atoms with van der Waals surface area (Å²) in [6.07, 6.45) is 4.67. The van der Waals surface area contributed by atoms with E-state index in [-0.39, 0.29) is 15.4 Å². The van der Waals surface area contributed by atoms with E-state index >= 15 is 0 Å². The maximum absolute atomic E-state index is 5.91. The third kappa shape index (κ3) is 1.20. The van der Waals surface area contributed by atoms with Crippen molar-refractivity contribution < 1.29 is 9.47 Å². The Bertz CT molecular complexity index is 311. The van der Waals surface area contributed by atoms with Crippen LogP contribution in [-0.4, -0.2) is 21.2 Å². The van der Waals surface area contributed by atoms with Crippen LogP contribution in [0.2, 0.25) is 0 Å². The van der Waals surface area contributed by atoms with Crippen LogP contribution in [0.25, 0.3) is 0 Å². The van der Waals surface area contributed by atoms with Gasteiger partial charge in [0.1, 0.15) is 6.10 Å². The van der Waals surface area contributed by atoms with E-state index in [1.54, 1.807) is 0 Å². The minimum absolute atomic E-state index is 0.0414. The number of allylic oxidation sites excluding steroid dienone is 1. The number of ether oxygens (including phenoxy) is 2. The molecule has 0 bridgehead atoms. The Kier molecular flexibility index (Phi) is 1.86. The van der Waals surface area contributed by atoms with E-state index in [1.165, 1.54) is 0 Å². The highest BCUT2D eigenvalue weighted by molar-refractivity contribution is 9.25. The van der Waals surface area contributed by atoms with Gasteiger partial charge in [-0.25, -0.2) is 0 Å². The zero-order valence-corrected chi connectivity index (χ0v) is 11.2. The highest BCUT2D eigenvalue weighted by Crippen LogP contribution is 2.67. The number of halogens is 2. The van der Waals surface area contributed by atoms with Crippen LogP contribution in [0.5, 0.6) is 0 Å². The average Bonchev–Trinajstić information content (AvgIpc) is 2.47. The van der Waals surface area contributed by atoms with Gasteiger partial charge in [0.25, 0.3) is 0 Å². The lowest BCUT2D eigenvalue weighted by molar-refractivity contribution is -0.144. The molecule has 0 aromatic rings. The number of alkyl halides is 2. The molecule has 4 atom stereocenters. The maximum Gasteiger partial charge on any atom is 0.164 e. The van der Waals surface area contributed by atoms with Crippen LogP contribution in [0.1, 0.15) is 13.8 Å². The molecule has 1 heterocycles. The number of hydrogen-bond donors (Lipinski definition) is 0. The van der Waals surface area contributed by atoms with Gasteiger partial charge in [-0.2, -0.15) is 0 Å². The van der Waals surface area contributed by atoms with Crippen molar-refractivity contribution in [2.75, 3.05) is 0 Å². The first-order valence-electron chi connectivity index (χ1n) is 4.83. The molecule has 0 aromatic heterocycles. The molecule has 2 nitrogen and oxygen atoms in total. The maximum atomic E-state index is 5.91. The van der Waals surface area contributed by atoms with Crippen LogP contribution in [0.4, 0.5) is 0 Å². The van der Waals surface area contributed by atoms with Crippen molar-refractivity contribution in [3.63, 3.8) is 0 Å². The Hall–Kier alpha value is 0.620. The van der Waals surface area contributed by atoms with E-state index in [0.717, 1.165) is 0 Å². The summed E-state index contributed by atoms with van der Waals surface area (Å²) >= 11 is 7.37. The summed E-state index contributed by atoms with van der Waals surface area (Å²) in [5, 5.41) is 0. The Morgan fingerprint density at radius 3 is 2.57 bits per heavy atom. The van der Waals surface area contributed by atoms with Crippen molar-refractivity contribution in [3.8, 4) is 0 Å². The molecule has 14 heavy (non-hydrogen) atoms. The second-order valence-electron chi connectivity index (χ2n) is 4.68. The van der Waals surface area contributed by atoms with Crippen LogP contribution >= 0.6 is 31.9 Å². The molecule has 2 aliphatic carbocycles. The van der Waals surface area contributed by atoms with Crippen LogP contribution in [0.15, 0.2) is 12.2 Å². The van der Waals surface area contributed by atoms with Crippen molar-refractivity contribution in [2.45, 2.75) is 35.1 Å². The van der Waals surface area contributed by atoms with Gasteiger partial charge in [0.05, 0.1) is 9.34 Å². The molecule has 4 heteroatoms. The van der Waals surface area contributed by atoms with Crippen LogP contribution in [0.3, 0.4) is 0 Å². The Balaban J connectivity index is 1.90. The van der Waals surface area contributed by atoms with E-state index in [1.807, 2.05) is 13.8 Å². The number of rotatable bonds is 0. The van der Waals surface area contributed by atoms with Crippen molar-refractivity contribution in [3.05, 3.63) is 12.2 Å². The summed E-state index contributed by atoms with van der Waals surface area (Å²) in [5.41, 5.74) is 0. The molecule has 0 unspecified atom stereocenters. The molecule has 0 aromatic carbocycles. The molecule has 1 saturated heterocycles. The first-order chi connectivity index (χ1) is 6.42. The topological polar surface area (TPSA) is 18.5 Å². The first-order valence-corrected chi connectivity index (χ1v) is 6.42. The molecule has 0 spiro atoms. The van der Waals surface area contributed by atoms with E-state index in [4.69, 9.17) is 9.47 Å². The van der Waals surface area contributed by atoms with E-state index in [9.17, 15) is 0 Å². The van der Waals surface area contributed by atoms with Gasteiger partial charge in [0.15, 0.2) is 5.79 Å². The average molecular weight is 324 g/mol. The molecule has 0 N–H and O–H groups in total. The first kappa shape index (κ1) is 9.82. The lowest BCUT2D eigenvalue weighted by Crippen LogP contribution is -2.27. The molecule has 1 saturated carbocycles. The zero-order chi connectivity index (χ0) is 10.1. The molecule has 3 aliphatic rings. The second-order valence-corrected chi connectivity index (χ2v) is 8.36. The van der Waals surface area contributed by atoms with Gasteiger partial charge in [-0.1, -0.05) is 44.0 Å². The van der Waals surface area contributed by atoms with Crippen LogP contribution in [-0.2, 0) is 9.47 Å². The smallest absolute Gasteiger partial charge is 0.164 e. The van der Waals surface area contributed by atoms with Gasteiger partial charge in [-0.15, -0.1) is 0 Å². The summed E-state index contributed by atoms with van der Waals surface area (Å²) in [6, 6.07) is 0. The van der Waals surface area contributed by atoms with Crippen LogP contribution in [0, 0.1) is 11.8 Å². The van der Waals surface area contributed by atoms with Crippen molar-refractivity contribution in [1.82, 2.24) is 0 Å². The molecule has 1 aliphatic heterocycles. The lowest BCUT2D eigenvalue weighted by atomic mass is 10.0. The minimum atomic E-state index is -0.437. The highest BCUT2D eigenvalue weighted by Gasteiger charge is 2.69. The molecule has 0 amide bonds. The van der Waals surface area contributed by atoms with Crippen molar-refractivity contribution in [1.29, 1.82) is 0 Å². The summed E-state index contributed by atoms with van der Waals surface area (Å²) in [4.78, 5) is 0. The third-order valence-corrected chi connectivity index (χ3v) is 5.31. The monoisotopic (exact) mass is 322 g/mol. The van der Waals surface area contributed by atoms with Gasteiger partial charge in [0.2, 0.25) is 0 Å². The summed E-state index contributed by atoms with van der Waals surface area (Å²) in [7, 11) is 0. The fraction of sp³-hybridized carbons (Fsp3) is 0.800. The minimum Gasteiger partial charge on any atom is -0.344 e. The Labute approximate surface area is 100 Å². The quantitative estimate of drug-likeness (QED) is 0.504. The molecule has 0 radical (unpaired) electrons. The number of fused-ring (bicyclic) bond motifs is 3. The zero-order valence-electron chi connectivity index (χ0n) is 8.04. The number of hydrogen-bond acceptors (Lipinski definition) is 2. The van der Waals surface area contributed by atoms with E-state index in [0.29, 0.717) is 11.8 Å². The lowest BCUT2D eigenvalue weighted by Gasteiger charge is -2.17. The second kappa shape index (κ2) is 2.65. The molecular weight excluding hydrogens is 312 g/mol. The van der Waals surface area contributed by atoms with Crippen molar-refractivity contribution in [2.24, 2.45) is 11.8 Å². The standard InChI is InChI=1S/C10H12Br2O2/c1-9(2)13-6-4-3-5-7(8(6)14-9)10(5,11)12/h3-8H,1-2H3/t5-,6-,7-,8-/m1/s1. The van der Waals surface area contributed by atoms with Crippen LogP contribution < -0.4 is 0 Å². The van der Waals surface area contributed by atoms with Gasteiger partial charge in [-0.05, 0) is 13.8 Å². The van der Waals surface area contributed by atoms with Gasteiger partial charge >= 0.3 is 0 Å². The molecule has 3 rings (SSSR count). The van der Waals surface area contributed by atoms with E-state index in [2.05, 4.69) is 44.0 Å². The fourth-order valence-corrected chi connectivity index (χ4v) is 4.22. The van der Waals surface area contributed by atoms with E-state index < -0.39 is 5.79 Å². The summed E-state index contributed by atoms with van der Waals surface area (Å²) < 4.78 is 11.7. The van der Waals surface area contributed by atoms with Crippen molar-refractivity contribution >= 4 is 31.9 Å². The predicted molar refractivity (Wildman–Crippen MR) is 60.5 cm³/mol. The summed E-state index contributed by atoms with van der Waals surface area (Å²) in [5.74, 6) is 0.605. The predicted octanol–water partition coefficient (Wildman–Crippen LogP) is 2.81. The molecule has 78 valence electrons. The molecular formula is C10H12Br2O2. The molecule has 2 fully saturated rings. The summed E-state index contributed by atoms with van der Waals surface area (Å²) in [6.45, 7) is 3.95.